The van der Waals surface area contributed by atoms with Crippen molar-refractivity contribution < 1.29 is 13.3 Å². The van der Waals surface area contributed by atoms with Gasteiger partial charge < -0.3 is 15.0 Å². The second-order valence-electron chi connectivity index (χ2n) is 7.79. The van der Waals surface area contributed by atoms with Crippen LogP contribution in [0.2, 0.25) is 0 Å². The molecule has 3 aliphatic heterocycles. The fraction of sp³-hybridized carbons (Fsp3) is 0.476. The Hall–Kier alpha value is -1.99. The first-order valence-corrected chi connectivity index (χ1v) is 11.3. The van der Waals surface area contributed by atoms with E-state index in [1.165, 1.54) is 17.7 Å². The van der Waals surface area contributed by atoms with Crippen molar-refractivity contribution >= 4 is 22.3 Å². The van der Waals surface area contributed by atoms with E-state index in [1.54, 1.807) is 0 Å². The number of ether oxygens (including phenoxy) is 1. The highest BCUT2D eigenvalue weighted by Gasteiger charge is 2.32. The first kappa shape index (κ1) is 18.1. The predicted octanol–water partition coefficient (Wildman–Crippen LogP) is 3.08. The number of anilines is 2. The number of nitrogens with one attached hydrogen (secondary N) is 1. The zero-order valence-corrected chi connectivity index (χ0v) is 16.5. The van der Waals surface area contributed by atoms with Gasteiger partial charge >= 0.3 is 0 Å². The molecule has 0 unspecified atom stereocenters. The van der Waals surface area contributed by atoms with Crippen LogP contribution in [-0.2, 0) is 22.0 Å². The number of aromatic nitrogens is 1. The molecule has 1 N–H and O–H groups in total. The van der Waals surface area contributed by atoms with Gasteiger partial charge in [0, 0.05) is 56.5 Å². The Morgan fingerprint density at radius 2 is 1.93 bits per heavy atom. The maximum Gasteiger partial charge on any atom is 0.131 e. The summed E-state index contributed by atoms with van der Waals surface area (Å²) in [7, 11) is -0.968. The number of hydrogen-bond acceptors (Lipinski definition) is 5. The molecule has 28 heavy (non-hydrogen) atoms. The molecule has 2 saturated heterocycles. The monoisotopic (exact) mass is 401 g/mol. The summed E-state index contributed by atoms with van der Waals surface area (Å²) in [5, 5.41) is 3.62. The van der Waals surface area contributed by atoms with Crippen LogP contribution in [-0.4, -0.2) is 47.3 Å². The molecule has 2 aromatic rings. The van der Waals surface area contributed by atoms with Crippen molar-refractivity contribution in [3.8, 4) is 0 Å². The lowest BCUT2D eigenvalue weighted by atomic mass is 9.91. The molecule has 0 saturated carbocycles. The first-order chi connectivity index (χ1) is 13.7. The Kier molecular flexibility index (Phi) is 4.80. The van der Waals surface area contributed by atoms with Gasteiger partial charge in [-0.3, -0.25) is 4.21 Å². The van der Waals surface area contributed by atoms with Crippen molar-refractivity contribution in [3.05, 3.63) is 47.4 Å². The van der Waals surface area contributed by atoms with Crippen LogP contribution in [0.1, 0.15) is 30.0 Å². The fourth-order valence-corrected chi connectivity index (χ4v) is 5.59. The second-order valence-corrected chi connectivity index (χ2v) is 9.30. The minimum absolute atomic E-state index is 0.197. The van der Waals surface area contributed by atoms with Crippen LogP contribution < -0.4 is 10.2 Å². The minimum Gasteiger partial charge on any atom is -0.381 e. The number of benzene rings is 1. The summed E-state index contributed by atoms with van der Waals surface area (Å²) < 4.78 is 31.1. The van der Waals surface area contributed by atoms with Gasteiger partial charge in [-0.1, -0.05) is 12.1 Å². The highest BCUT2D eigenvalue weighted by molar-refractivity contribution is 7.85. The van der Waals surface area contributed by atoms with Crippen LogP contribution in [0.25, 0.3) is 0 Å². The molecular weight excluding hydrogens is 377 g/mol. The van der Waals surface area contributed by atoms with Crippen LogP contribution in [0.3, 0.4) is 0 Å². The van der Waals surface area contributed by atoms with E-state index in [0.717, 1.165) is 67.7 Å². The normalized spacial score (nSPS) is 22.8. The summed E-state index contributed by atoms with van der Waals surface area (Å²) in [6, 6.07) is 9.21. The van der Waals surface area contributed by atoms with Crippen LogP contribution in [0, 0.1) is 5.82 Å². The average Bonchev–Trinajstić information content (AvgIpc) is 3.04. The van der Waals surface area contributed by atoms with Crippen molar-refractivity contribution in [2.24, 2.45) is 0 Å². The van der Waals surface area contributed by atoms with Crippen molar-refractivity contribution in [2.45, 2.75) is 36.1 Å². The number of fused-ring (bicyclic) bond motifs is 1. The van der Waals surface area contributed by atoms with E-state index in [9.17, 15) is 8.60 Å². The molecule has 2 fully saturated rings. The highest BCUT2D eigenvalue weighted by Crippen LogP contribution is 2.37. The molecule has 148 valence electrons. The topological polar surface area (TPSA) is 54.5 Å². The summed E-state index contributed by atoms with van der Waals surface area (Å²) in [5.41, 5.74) is 3.11. The molecule has 7 heteroatoms. The van der Waals surface area contributed by atoms with Crippen LogP contribution in [0.5, 0.6) is 0 Å². The van der Waals surface area contributed by atoms with Gasteiger partial charge in [0.25, 0.3) is 0 Å². The van der Waals surface area contributed by atoms with Crippen molar-refractivity contribution in [3.63, 3.8) is 0 Å². The van der Waals surface area contributed by atoms with Gasteiger partial charge in [-0.2, -0.15) is 0 Å². The lowest BCUT2D eigenvalue weighted by Gasteiger charge is -2.41. The molecule has 0 spiro atoms. The summed E-state index contributed by atoms with van der Waals surface area (Å²) in [6.07, 6.45) is 2.71. The van der Waals surface area contributed by atoms with E-state index < -0.39 is 10.8 Å². The number of pyridine rings is 1. The van der Waals surface area contributed by atoms with Crippen molar-refractivity contribution in [1.82, 2.24) is 4.98 Å². The van der Waals surface area contributed by atoms with Crippen LogP contribution in [0.4, 0.5) is 15.9 Å². The molecule has 5 nitrogen and oxygen atoms in total. The molecule has 3 aliphatic rings. The lowest BCUT2D eigenvalue weighted by Crippen LogP contribution is -2.45. The quantitative estimate of drug-likeness (QED) is 0.853. The second kappa shape index (κ2) is 7.44. The average molecular weight is 402 g/mol. The van der Waals surface area contributed by atoms with Crippen molar-refractivity contribution in [1.29, 1.82) is 0 Å². The molecule has 1 aromatic heterocycles. The SMILES string of the molecule is O=[S@]1CCc2nc(N3CC(c4ccc(F)cc4)C3)cc(NC3CCOCC3)c21. The predicted molar refractivity (Wildman–Crippen MR) is 108 cm³/mol. The standard InChI is InChI=1S/C21H24FN3O2S/c22-16-3-1-14(2-4-16)15-12-25(13-15)20-11-19(23-17-5-8-27-9-6-17)21-18(24-20)7-10-28(21)26/h1-4,11,15,17H,5-10,12-13H2,(H,23,24)/t28-/m0/s1. The van der Waals surface area contributed by atoms with E-state index in [4.69, 9.17) is 9.72 Å². The van der Waals surface area contributed by atoms with Crippen molar-refractivity contribution in [2.75, 3.05) is 42.3 Å². The third-order valence-electron chi connectivity index (χ3n) is 5.91. The summed E-state index contributed by atoms with van der Waals surface area (Å²) in [5.74, 6) is 1.81. The number of rotatable bonds is 4. The number of hydrogen-bond donors (Lipinski definition) is 1. The molecular formula is C21H24FN3O2S. The fourth-order valence-electron chi connectivity index (χ4n) is 4.23. The lowest BCUT2D eigenvalue weighted by molar-refractivity contribution is 0.0904. The first-order valence-electron chi connectivity index (χ1n) is 9.94. The van der Waals surface area contributed by atoms with Gasteiger partial charge in [0.05, 0.1) is 27.1 Å². The Morgan fingerprint density at radius 1 is 1.18 bits per heavy atom. The Labute approximate surface area is 166 Å². The third-order valence-corrected chi connectivity index (χ3v) is 7.40. The maximum atomic E-state index is 13.1. The van der Waals surface area contributed by atoms with Gasteiger partial charge in [0.15, 0.2) is 0 Å². The van der Waals surface area contributed by atoms with E-state index in [0.29, 0.717) is 17.7 Å². The van der Waals surface area contributed by atoms with Gasteiger partial charge in [-0.15, -0.1) is 0 Å². The molecule has 5 rings (SSSR count). The number of nitrogens with zero attached hydrogens (tertiary/aromatic N) is 2. The van der Waals surface area contributed by atoms with Crippen LogP contribution >= 0.6 is 0 Å². The summed E-state index contributed by atoms with van der Waals surface area (Å²) >= 11 is 0. The van der Waals surface area contributed by atoms with Gasteiger partial charge in [0.1, 0.15) is 11.6 Å². The molecule has 0 aliphatic carbocycles. The summed E-state index contributed by atoms with van der Waals surface area (Å²) in [4.78, 5) is 7.98. The molecule has 1 atom stereocenters. The molecule has 4 heterocycles. The highest BCUT2D eigenvalue weighted by atomic mass is 32.2. The molecule has 0 bridgehead atoms. The van der Waals surface area contributed by atoms with E-state index >= 15 is 0 Å². The molecule has 1 aromatic carbocycles. The molecule has 0 amide bonds. The summed E-state index contributed by atoms with van der Waals surface area (Å²) in [6.45, 7) is 3.28. The largest absolute Gasteiger partial charge is 0.381 e. The maximum absolute atomic E-state index is 13.1. The van der Waals surface area contributed by atoms with E-state index in [-0.39, 0.29) is 5.82 Å². The van der Waals surface area contributed by atoms with Gasteiger partial charge in [-0.05, 0) is 30.5 Å². The zero-order valence-electron chi connectivity index (χ0n) is 15.7. The van der Waals surface area contributed by atoms with Gasteiger partial charge in [0.2, 0.25) is 0 Å². The minimum atomic E-state index is -0.968. The Balaban J connectivity index is 1.36. The van der Waals surface area contributed by atoms with Gasteiger partial charge in [-0.25, -0.2) is 9.37 Å². The number of aryl methyl sites for hydroxylation is 1. The zero-order chi connectivity index (χ0) is 19.1. The third kappa shape index (κ3) is 3.42. The van der Waals surface area contributed by atoms with E-state index in [2.05, 4.69) is 16.3 Å². The number of halogens is 1. The molecule has 0 radical (unpaired) electrons. The Morgan fingerprint density at radius 3 is 2.68 bits per heavy atom. The van der Waals surface area contributed by atoms with Crippen LogP contribution in [0.15, 0.2) is 35.2 Å². The smallest absolute Gasteiger partial charge is 0.131 e. The van der Waals surface area contributed by atoms with E-state index in [1.807, 2.05) is 12.1 Å². The Bertz CT molecular complexity index is 893.